The van der Waals surface area contributed by atoms with Gasteiger partial charge in [-0.15, -0.1) is 10.2 Å². The van der Waals surface area contributed by atoms with E-state index in [0.717, 1.165) is 85.6 Å². The Bertz CT molecular complexity index is 4680. The first-order chi connectivity index (χ1) is 55.9. The van der Waals surface area contributed by atoms with Crippen molar-refractivity contribution in [3.8, 4) is 28.4 Å². The van der Waals surface area contributed by atoms with E-state index >= 15 is 0 Å². The summed E-state index contributed by atoms with van der Waals surface area (Å²) in [6.45, 7) is 8.59. The maximum atomic E-state index is 13.9. The lowest BCUT2D eigenvalue weighted by Gasteiger charge is -2.25. The number of benzene rings is 7. The third-order valence-electron chi connectivity index (χ3n) is 21.0. The molecule has 28 heteroatoms. The van der Waals surface area contributed by atoms with E-state index in [1.54, 1.807) is 86.6 Å². The summed E-state index contributed by atoms with van der Waals surface area (Å²) in [4.78, 5) is 67.5. The molecule has 0 bridgehead atoms. The van der Waals surface area contributed by atoms with Crippen LogP contribution in [0.1, 0.15) is 168 Å². The average molecular weight is 1590 g/mol. The SMILES string of the molecule is CC(C)(C)n1cnc([C@@H]2CCCN2C(=O)C[C@H](N)Cc2cc(F)c(F)cc2F)n1.N[C@@H](CC(=O)N1CCC[C@H]1c1ccn(-c2ccccc2)n1)Cc1ccccc1F.N[C@@H](CC(=O)N1CCC[C@H]1c1nc(-c2ccccc2)co1)Cc1ccccc1F.N[C@@H](CC(=O)N1CCC[C@H]1c1nnc(-c2ccccc2)o1)Cc1ccccc1F. The Hall–Kier alpha value is -11.5. The van der Waals surface area contributed by atoms with Gasteiger partial charge in [0.15, 0.2) is 17.5 Å². The van der Waals surface area contributed by atoms with Crippen LogP contribution in [0.5, 0.6) is 0 Å². The summed E-state index contributed by atoms with van der Waals surface area (Å²) in [5.74, 6) is -2.40. The quantitative estimate of drug-likeness (QED) is 0.0342. The first-order valence-corrected chi connectivity index (χ1v) is 39.4. The number of carbonyl (C=O) groups is 4. The van der Waals surface area contributed by atoms with Gasteiger partial charge in [0.25, 0.3) is 0 Å². The van der Waals surface area contributed by atoms with Crippen molar-refractivity contribution in [2.75, 3.05) is 26.2 Å². The molecule has 0 saturated carbocycles. The van der Waals surface area contributed by atoms with Gasteiger partial charge in [-0.3, -0.25) is 19.2 Å². The first-order valence-electron chi connectivity index (χ1n) is 39.4. The number of halogens is 6. The zero-order valence-corrected chi connectivity index (χ0v) is 65.2. The van der Waals surface area contributed by atoms with Gasteiger partial charge in [-0.1, -0.05) is 121 Å². The van der Waals surface area contributed by atoms with Crippen LogP contribution in [0.3, 0.4) is 0 Å². The summed E-state index contributed by atoms with van der Waals surface area (Å²) >= 11 is 0. The zero-order chi connectivity index (χ0) is 82.0. The van der Waals surface area contributed by atoms with E-state index in [1.165, 1.54) is 18.2 Å². The Labute approximate surface area is 670 Å². The number of nitrogens with zero attached hydrogens (tertiary/aromatic N) is 12. The van der Waals surface area contributed by atoms with E-state index in [0.29, 0.717) is 91.7 Å². The number of oxazole rings is 1. The van der Waals surface area contributed by atoms with Crippen molar-refractivity contribution in [3.63, 3.8) is 0 Å². The molecule has 0 unspecified atom stereocenters. The standard InChI is InChI=1S/C23H25FN4O.C23H24FN3O2.C22H23FN4O2.C20H26F3N5O/c24-20-10-5-4-7-17(20)15-18(25)16-23(29)27-13-6-11-22(27)21-12-14-28(26-21)19-8-2-1-3-9-19;24-19-10-5-4-9-17(19)13-18(25)14-22(28)27-12-6-11-21(27)23-26-20(15-29-23)16-7-2-1-3-8-16;23-18-10-5-4-9-16(18)13-17(24)14-20(28)27-12-6-11-19(27)22-26-25-21(29-22)15-7-2-1-3-8-15;1-20(2,3)28-11-25-19(26-28)17-5-4-6-27(17)18(29)9-13(24)7-12-8-15(22)16(23)10-14(12)21/h1-5,7-10,12,14,18,22H,6,11,13,15-16,25H2;1-5,7-10,15,18,21H,6,11-14,25H2;1-5,7-10,17,19H,6,11-14,24H2;8,10-11,13,17H,4-7,9,24H2,1-3H3/t18-,22+;18-,21+;17-,19+;13-,17+/m1111/s1. The van der Waals surface area contributed by atoms with Crippen LogP contribution in [0.4, 0.5) is 26.3 Å². The van der Waals surface area contributed by atoms with E-state index in [4.69, 9.17) is 36.9 Å². The van der Waals surface area contributed by atoms with Gasteiger partial charge in [-0.05, 0) is 175 Å². The lowest BCUT2D eigenvalue weighted by molar-refractivity contribution is -0.133. The molecule has 8 atom stereocenters. The van der Waals surface area contributed by atoms with Crippen LogP contribution >= 0.6 is 0 Å². The monoisotopic (exact) mass is 1590 g/mol. The van der Waals surface area contributed by atoms with Gasteiger partial charge < -0.3 is 51.4 Å². The number of carbonyl (C=O) groups excluding carboxylic acids is 4. The minimum Gasteiger partial charge on any atom is -0.446 e. The predicted octanol–water partition coefficient (Wildman–Crippen LogP) is 14.3. The minimum atomic E-state index is -1.25. The van der Waals surface area contributed by atoms with Crippen LogP contribution in [0.2, 0.25) is 0 Å². The van der Waals surface area contributed by atoms with Crippen LogP contribution in [-0.4, -0.2) is 133 Å². The molecule has 608 valence electrons. The second-order valence-corrected chi connectivity index (χ2v) is 30.8. The van der Waals surface area contributed by atoms with Crippen molar-refractivity contribution < 1.29 is 54.4 Å². The molecule has 116 heavy (non-hydrogen) atoms. The molecule has 8 heterocycles. The topological polar surface area (TPSA) is 299 Å². The molecule has 7 aromatic carbocycles. The zero-order valence-electron chi connectivity index (χ0n) is 65.2. The fourth-order valence-corrected chi connectivity index (χ4v) is 15.1. The summed E-state index contributed by atoms with van der Waals surface area (Å²) in [7, 11) is 0. The Morgan fingerprint density at radius 3 is 1.34 bits per heavy atom. The summed E-state index contributed by atoms with van der Waals surface area (Å²) in [5, 5.41) is 17.5. The van der Waals surface area contributed by atoms with Crippen LogP contribution in [0.15, 0.2) is 210 Å². The third kappa shape index (κ3) is 21.9. The maximum Gasteiger partial charge on any atom is 0.247 e. The molecule has 4 aliphatic heterocycles. The van der Waals surface area contributed by atoms with E-state index in [9.17, 15) is 45.5 Å². The minimum absolute atomic E-state index is 0.00519. The van der Waals surface area contributed by atoms with Crippen molar-refractivity contribution in [1.82, 2.24) is 59.3 Å². The van der Waals surface area contributed by atoms with Gasteiger partial charge in [-0.25, -0.2) is 45.7 Å². The van der Waals surface area contributed by atoms with Crippen molar-refractivity contribution in [3.05, 3.63) is 281 Å². The maximum absolute atomic E-state index is 13.9. The van der Waals surface area contributed by atoms with E-state index in [2.05, 4.69) is 25.3 Å². The van der Waals surface area contributed by atoms with Crippen LogP contribution in [0.25, 0.3) is 28.4 Å². The van der Waals surface area contributed by atoms with E-state index in [-0.39, 0.29) is 108 Å². The number of likely N-dealkylation sites (tertiary alicyclic amines) is 4. The number of rotatable bonds is 23. The lowest BCUT2D eigenvalue weighted by atomic mass is 10.0. The van der Waals surface area contributed by atoms with Crippen molar-refractivity contribution in [2.24, 2.45) is 22.9 Å². The Morgan fingerprint density at radius 2 is 0.862 bits per heavy atom. The second kappa shape index (κ2) is 39.3. The number of nitrogens with two attached hydrogens (primary N) is 4. The summed E-state index contributed by atoms with van der Waals surface area (Å²) in [5.41, 5.74) is 30.3. The molecule has 4 saturated heterocycles. The van der Waals surface area contributed by atoms with Gasteiger partial charge in [-0.2, -0.15) is 10.2 Å². The molecule has 0 aliphatic carbocycles. The Morgan fingerprint density at radius 1 is 0.448 bits per heavy atom. The molecule has 8 N–H and O–H groups in total. The summed E-state index contributed by atoms with van der Waals surface area (Å²) in [6, 6.07) is 49.4. The smallest absolute Gasteiger partial charge is 0.247 e. The highest BCUT2D eigenvalue weighted by molar-refractivity contribution is 5.79. The molecule has 4 fully saturated rings. The molecular weight excluding hydrogens is 1490 g/mol. The van der Waals surface area contributed by atoms with Crippen molar-refractivity contribution >= 4 is 23.6 Å². The van der Waals surface area contributed by atoms with Gasteiger partial charge in [0.05, 0.1) is 29.0 Å². The Kier molecular flexibility index (Phi) is 28.4. The number of para-hydroxylation sites is 1. The molecule has 0 spiro atoms. The average Bonchev–Trinajstić information content (AvgIpc) is 1.69. The summed E-state index contributed by atoms with van der Waals surface area (Å²) in [6.07, 6.45) is 13.4. The number of aromatic nitrogens is 8. The molecule has 11 aromatic rings. The highest BCUT2D eigenvalue weighted by Gasteiger charge is 2.38. The summed E-state index contributed by atoms with van der Waals surface area (Å²) < 4.78 is 97.0. The van der Waals surface area contributed by atoms with Crippen LogP contribution < -0.4 is 22.9 Å². The second-order valence-electron chi connectivity index (χ2n) is 30.8. The van der Waals surface area contributed by atoms with E-state index < -0.39 is 41.6 Å². The predicted molar refractivity (Wildman–Crippen MR) is 426 cm³/mol. The van der Waals surface area contributed by atoms with Gasteiger partial charge in [0, 0.05) is 99.4 Å². The normalized spacial score (nSPS) is 17.7. The lowest BCUT2D eigenvalue weighted by Crippen LogP contribution is -2.37. The highest BCUT2D eigenvalue weighted by atomic mass is 19.2. The molecule has 4 aliphatic rings. The van der Waals surface area contributed by atoms with E-state index in [1.807, 2.05) is 134 Å². The molecule has 0 radical (unpaired) electrons. The molecule has 4 aromatic heterocycles. The van der Waals surface area contributed by atoms with Crippen molar-refractivity contribution in [2.45, 2.75) is 177 Å². The number of hydrogen-bond donors (Lipinski definition) is 4. The molecular formula is C88H98F6N16O6. The van der Waals surface area contributed by atoms with Crippen LogP contribution in [0, 0.1) is 34.9 Å². The van der Waals surface area contributed by atoms with Gasteiger partial charge in [0.2, 0.25) is 41.3 Å². The largest absolute Gasteiger partial charge is 0.446 e. The molecule has 4 amide bonds. The fraction of sp³-hybridized carbons (Fsp3) is 0.364. The number of amides is 4. The van der Waals surface area contributed by atoms with Gasteiger partial charge in [0.1, 0.15) is 53.6 Å². The molecule has 22 nitrogen and oxygen atoms in total. The van der Waals surface area contributed by atoms with Crippen molar-refractivity contribution in [1.29, 1.82) is 0 Å². The number of hydrogen-bond acceptors (Lipinski definition) is 16. The third-order valence-corrected chi connectivity index (χ3v) is 21.0. The molecule has 15 rings (SSSR count). The fourth-order valence-electron chi connectivity index (χ4n) is 15.1. The Balaban J connectivity index is 0.000000143. The van der Waals surface area contributed by atoms with Gasteiger partial charge >= 0.3 is 0 Å². The highest BCUT2D eigenvalue weighted by Crippen LogP contribution is 2.38. The van der Waals surface area contributed by atoms with Crippen LogP contribution in [-0.2, 0) is 50.4 Å². The first kappa shape index (κ1) is 84.0.